The van der Waals surface area contributed by atoms with Gasteiger partial charge in [-0.05, 0) is 0 Å². The number of hydrogen-bond acceptors (Lipinski definition) is 4. The van der Waals surface area contributed by atoms with Crippen molar-refractivity contribution in [2.75, 3.05) is 6.61 Å². The van der Waals surface area contributed by atoms with E-state index in [-0.39, 0.29) is 6.61 Å². The van der Waals surface area contributed by atoms with Gasteiger partial charge in [-0.2, -0.15) is 9.78 Å². The predicted octanol–water partition coefficient (Wildman–Crippen LogP) is 0.982. The maximum Gasteiger partial charge on any atom is 0.217 e. The van der Waals surface area contributed by atoms with Crippen LogP contribution in [0.2, 0.25) is 0 Å². The van der Waals surface area contributed by atoms with E-state index in [0.717, 1.165) is 5.56 Å². The van der Waals surface area contributed by atoms with Crippen LogP contribution in [0.25, 0.3) is 0 Å². The molecule has 4 nitrogen and oxygen atoms in total. The molecule has 70 valence electrons. The number of hydrogen-bond donors (Lipinski definition) is 1. The summed E-state index contributed by atoms with van der Waals surface area (Å²) in [6.07, 6.45) is -1.52. The second kappa shape index (κ2) is 3.85. The molecule has 0 amide bonds. The maximum absolute atomic E-state index is 8.90. The SMILES string of the molecule is O[C@H]1CO[C@@H](c2ccccc2)OO1. The van der Waals surface area contributed by atoms with Gasteiger partial charge in [-0.3, -0.25) is 0 Å². The Morgan fingerprint density at radius 3 is 2.54 bits per heavy atom. The van der Waals surface area contributed by atoms with Crippen molar-refractivity contribution >= 4 is 0 Å². The summed E-state index contributed by atoms with van der Waals surface area (Å²) in [6.45, 7) is 0.125. The van der Waals surface area contributed by atoms with E-state index in [4.69, 9.17) is 14.7 Å². The molecule has 13 heavy (non-hydrogen) atoms. The van der Waals surface area contributed by atoms with Crippen molar-refractivity contribution in [3.63, 3.8) is 0 Å². The van der Waals surface area contributed by atoms with Crippen LogP contribution in [0.1, 0.15) is 11.9 Å². The Labute approximate surface area is 75.6 Å². The molecule has 2 rings (SSSR count). The summed E-state index contributed by atoms with van der Waals surface area (Å²) in [5, 5.41) is 8.90. The van der Waals surface area contributed by atoms with Gasteiger partial charge in [0.05, 0.1) is 0 Å². The van der Waals surface area contributed by atoms with Gasteiger partial charge in [0, 0.05) is 5.56 Å². The third-order valence-electron chi connectivity index (χ3n) is 1.72. The van der Waals surface area contributed by atoms with Crippen molar-refractivity contribution in [2.24, 2.45) is 0 Å². The van der Waals surface area contributed by atoms with Crippen LogP contribution in [0.5, 0.6) is 0 Å². The highest BCUT2D eigenvalue weighted by Crippen LogP contribution is 2.22. The molecule has 1 saturated heterocycles. The van der Waals surface area contributed by atoms with Crippen LogP contribution >= 0.6 is 0 Å². The van der Waals surface area contributed by atoms with E-state index in [1.807, 2.05) is 30.3 Å². The lowest BCUT2D eigenvalue weighted by Crippen LogP contribution is -2.28. The Bertz CT molecular complexity index is 254. The fraction of sp³-hybridized carbons (Fsp3) is 0.333. The Balaban J connectivity index is 2.03. The number of ether oxygens (including phenoxy) is 1. The standard InChI is InChI=1S/C9H10O4/c10-8-6-11-9(13-12-8)7-4-2-1-3-5-7/h1-5,8-10H,6H2/t8-,9-/m1/s1. The van der Waals surface area contributed by atoms with Crippen molar-refractivity contribution in [3.05, 3.63) is 35.9 Å². The summed E-state index contributed by atoms with van der Waals surface area (Å²) in [5.74, 6) is 0. The Hall–Kier alpha value is -0.940. The molecule has 1 aliphatic heterocycles. The van der Waals surface area contributed by atoms with Crippen LogP contribution in [0, 0.1) is 0 Å². The quantitative estimate of drug-likeness (QED) is 0.658. The van der Waals surface area contributed by atoms with E-state index < -0.39 is 12.6 Å². The first-order valence-electron chi connectivity index (χ1n) is 4.03. The molecule has 2 atom stereocenters. The zero-order chi connectivity index (χ0) is 9.10. The van der Waals surface area contributed by atoms with Gasteiger partial charge in [0.25, 0.3) is 0 Å². The smallest absolute Gasteiger partial charge is 0.217 e. The summed E-state index contributed by atoms with van der Waals surface area (Å²) in [5.41, 5.74) is 0.870. The van der Waals surface area contributed by atoms with Crippen LogP contribution in [0.3, 0.4) is 0 Å². The lowest BCUT2D eigenvalue weighted by atomic mass is 10.2. The molecule has 0 bridgehead atoms. The van der Waals surface area contributed by atoms with Crippen LogP contribution in [-0.4, -0.2) is 18.0 Å². The largest absolute Gasteiger partial charge is 0.364 e. The van der Waals surface area contributed by atoms with E-state index in [1.54, 1.807) is 0 Å². The normalized spacial score (nSPS) is 28.7. The number of aliphatic hydroxyl groups is 1. The van der Waals surface area contributed by atoms with Crippen LogP contribution in [0.15, 0.2) is 30.3 Å². The minimum Gasteiger partial charge on any atom is -0.364 e. The summed E-state index contributed by atoms with van der Waals surface area (Å²) >= 11 is 0. The molecule has 0 unspecified atom stereocenters. The molecule has 4 heteroatoms. The Morgan fingerprint density at radius 1 is 1.15 bits per heavy atom. The molecule has 0 saturated carbocycles. The van der Waals surface area contributed by atoms with Gasteiger partial charge in [-0.1, -0.05) is 30.3 Å². The van der Waals surface area contributed by atoms with E-state index in [2.05, 4.69) is 4.89 Å². The third kappa shape index (κ3) is 2.05. The van der Waals surface area contributed by atoms with Crippen molar-refractivity contribution in [1.29, 1.82) is 0 Å². The van der Waals surface area contributed by atoms with Crippen molar-refractivity contribution < 1.29 is 19.6 Å². The number of aliphatic hydroxyl groups excluding tert-OH is 1. The molecule has 1 N–H and O–H groups in total. The summed E-state index contributed by atoms with van der Waals surface area (Å²) in [4.78, 5) is 9.38. The van der Waals surface area contributed by atoms with E-state index >= 15 is 0 Å². The zero-order valence-corrected chi connectivity index (χ0v) is 6.92. The molecule has 0 aliphatic carbocycles. The van der Waals surface area contributed by atoms with Crippen LogP contribution in [0.4, 0.5) is 0 Å². The topological polar surface area (TPSA) is 47.9 Å². The molecule has 1 fully saturated rings. The molecule has 0 spiro atoms. The molecule has 1 aromatic carbocycles. The highest BCUT2D eigenvalue weighted by molar-refractivity contribution is 5.15. The van der Waals surface area contributed by atoms with Gasteiger partial charge in [0.2, 0.25) is 12.6 Å². The van der Waals surface area contributed by atoms with Crippen LogP contribution < -0.4 is 0 Å². The molecule has 1 aliphatic rings. The Morgan fingerprint density at radius 2 is 1.92 bits per heavy atom. The molecular weight excluding hydrogens is 172 g/mol. The van der Waals surface area contributed by atoms with Crippen molar-refractivity contribution in [2.45, 2.75) is 12.6 Å². The average molecular weight is 182 g/mol. The Kier molecular flexibility index (Phi) is 2.56. The van der Waals surface area contributed by atoms with Gasteiger partial charge in [0.15, 0.2) is 0 Å². The number of rotatable bonds is 1. The highest BCUT2D eigenvalue weighted by Gasteiger charge is 2.22. The lowest BCUT2D eigenvalue weighted by molar-refractivity contribution is -0.478. The molecular formula is C9H10O4. The summed E-state index contributed by atoms with van der Waals surface area (Å²) in [7, 11) is 0. The first kappa shape index (κ1) is 8.65. The first-order chi connectivity index (χ1) is 6.36. The van der Waals surface area contributed by atoms with Crippen molar-refractivity contribution in [3.8, 4) is 0 Å². The molecule has 1 heterocycles. The molecule has 1 aromatic rings. The third-order valence-corrected chi connectivity index (χ3v) is 1.72. The molecule has 0 aromatic heterocycles. The zero-order valence-electron chi connectivity index (χ0n) is 6.92. The average Bonchev–Trinajstić information content (AvgIpc) is 2.20. The summed E-state index contributed by atoms with van der Waals surface area (Å²) in [6, 6.07) is 9.40. The highest BCUT2D eigenvalue weighted by atomic mass is 17.3. The van der Waals surface area contributed by atoms with Gasteiger partial charge in [0.1, 0.15) is 6.61 Å². The van der Waals surface area contributed by atoms with Crippen LogP contribution in [-0.2, 0) is 14.5 Å². The van der Waals surface area contributed by atoms with Gasteiger partial charge in [-0.25, -0.2) is 0 Å². The van der Waals surface area contributed by atoms with E-state index in [1.165, 1.54) is 0 Å². The first-order valence-corrected chi connectivity index (χ1v) is 4.03. The predicted molar refractivity (Wildman–Crippen MR) is 43.3 cm³/mol. The van der Waals surface area contributed by atoms with Gasteiger partial charge < -0.3 is 9.84 Å². The monoisotopic (exact) mass is 182 g/mol. The van der Waals surface area contributed by atoms with Gasteiger partial charge in [-0.15, -0.1) is 0 Å². The van der Waals surface area contributed by atoms with E-state index in [0.29, 0.717) is 0 Å². The van der Waals surface area contributed by atoms with Crippen molar-refractivity contribution in [1.82, 2.24) is 0 Å². The second-order valence-electron chi connectivity index (χ2n) is 2.72. The van der Waals surface area contributed by atoms with E-state index in [9.17, 15) is 0 Å². The van der Waals surface area contributed by atoms with Gasteiger partial charge >= 0.3 is 0 Å². The molecule has 0 radical (unpaired) electrons. The summed E-state index contributed by atoms with van der Waals surface area (Å²) < 4.78 is 5.18. The minimum atomic E-state index is -0.986. The maximum atomic E-state index is 8.90. The fourth-order valence-corrected chi connectivity index (χ4v) is 1.10. The minimum absolute atomic E-state index is 0.125. The number of benzene rings is 1. The fourth-order valence-electron chi connectivity index (χ4n) is 1.10. The lowest BCUT2D eigenvalue weighted by Gasteiger charge is -2.25. The second-order valence-corrected chi connectivity index (χ2v) is 2.72.